The quantitative estimate of drug-likeness (QED) is 0.887. The lowest BCUT2D eigenvalue weighted by Gasteiger charge is -2.26. The summed E-state index contributed by atoms with van der Waals surface area (Å²) in [4.78, 5) is 11.2. The first kappa shape index (κ1) is 15.3. The van der Waals surface area contributed by atoms with E-state index in [-0.39, 0.29) is 6.61 Å². The van der Waals surface area contributed by atoms with E-state index in [0.717, 1.165) is 0 Å². The predicted molar refractivity (Wildman–Crippen MR) is 61.3 cm³/mol. The summed E-state index contributed by atoms with van der Waals surface area (Å²) < 4.78 is 41.6. The minimum absolute atomic E-state index is 0.0547. The van der Waals surface area contributed by atoms with E-state index >= 15 is 0 Å². The number of alkyl halides is 3. The molecule has 0 aromatic heterocycles. The second-order valence-corrected chi connectivity index (χ2v) is 4.19. The van der Waals surface area contributed by atoms with E-state index in [1.54, 1.807) is 30.3 Å². The van der Waals surface area contributed by atoms with Crippen molar-refractivity contribution >= 4 is 6.09 Å². The Morgan fingerprint density at radius 1 is 1.32 bits per heavy atom. The van der Waals surface area contributed by atoms with Crippen molar-refractivity contribution in [3.8, 4) is 0 Å². The molecule has 0 spiro atoms. The van der Waals surface area contributed by atoms with Gasteiger partial charge in [0.25, 0.3) is 0 Å². The molecule has 0 saturated carbocycles. The molecular formula is C12H14F3NO3. The molecular weight excluding hydrogens is 263 g/mol. The maximum absolute atomic E-state index is 12.3. The molecule has 0 aliphatic heterocycles. The number of hydrogen-bond donors (Lipinski definition) is 2. The summed E-state index contributed by atoms with van der Waals surface area (Å²) in [6.07, 6.45) is -5.84. The van der Waals surface area contributed by atoms with Crippen molar-refractivity contribution in [3.63, 3.8) is 0 Å². The zero-order valence-electron chi connectivity index (χ0n) is 10.2. The highest BCUT2D eigenvalue weighted by molar-refractivity contribution is 5.67. The molecule has 1 amide bonds. The number of carbonyl (C=O) groups is 1. The summed E-state index contributed by atoms with van der Waals surface area (Å²) in [5, 5.41) is 11.0. The van der Waals surface area contributed by atoms with Crippen LogP contribution < -0.4 is 5.32 Å². The number of hydrogen-bond acceptors (Lipinski definition) is 3. The van der Waals surface area contributed by atoms with Crippen LogP contribution in [0.15, 0.2) is 30.3 Å². The molecule has 0 heterocycles. The number of benzene rings is 1. The van der Waals surface area contributed by atoms with Crippen LogP contribution in [0, 0.1) is 0 Å². The summed E-state index contributed by atoms with van der Waals surface area (Å²) in [7, 11) is 0. The molecule has 1 rings (SSSR count). The van der Waals surface area contributed by atoms with Crippen LogP contribution in [0.4, 0.5) is 18.0 Å². The van der Waals surface area contributed by atoms with E-state index in [9.17, 15) is 18.0 Å². The molecule has 106 valence electrons. The topological polar surface area (TPSA) is 58.6 Å². The fraction of sp³-hybridized carbons (Fsp3) is 0.417. The van der Waals surface area contributed by atoms with Crippen LogP contribution in [-0.4, -0.2) is 29.5 Å². The predicted octanol–water partition coefficient (Wildman–Crippen LogP) is 2.23. The standard InChI is InChI=1S/C12H14F3NO3/c1-11(18,12(13,14)15)8-16-10(17)19-7-9-5-3-2-4-6-9/h2-6,18H,7-8H2,1H3,(H,16,17)/t11-/m1/s1. The molecule has 7 heteroatoms. The van der Waals surface area contributed by atoms with Crippen LogP contribution in [0.2, 0.25) is 0 Å². The van der Waals surface area contributed by atoms with Gasteiger partial charge >= 0.3 is 12.3 Å². The molecule has 1 atom stereocenters. The number of ether oxygens (including phenoxy) is 1. The zero-order chi connectivity index (χ0) is 14.5. The number of rotatable bonds is 4. The van der Waals surface area contributed by atoms with Gasteiger partial charge in [-0.15, -0.1) is 0 Å². The maximum atomic E-state index is 12.3. The molecule has 0 radical (unpaired) electrons. The monoisotopic (exact) mass is 277 g/mol. The van der Waals surface area contributed by atoms with Crippen molar-refractivity contribution in [2.75, 3.05) is 6.54 Å². The molecule has 19 heavy (non-hydrogen) atoms. The van der Waals surface area contributed by atoms with E-state index < -0.39 is 24.4 Å². The van der Waals surface area contributed by atoms with Crippen LogP contribution in [0.3, 0.4) is 0 Å². The molecule has 0 aliphatic carbocycles. The number of halogens is 3. The second-order valence-electron chi connectivity index (χ2n) is 4.19. The first-order valence-electron chi connectivity index (χ1n) is 5.46. The highest BCUT2D eigenvalue weighted by Crippen LogP contribution is 2.29. The molecule has 2 N–H and O–H groups in total. The van der Waals surface area contributed by atoms with E-state index in [4.69, 9.17) is 9.84 Å². The molecule has 0 fully saturated rings. The molecule has 4 nitrogen and oxygen atoms in total. The Bertz CT molecular complexity index is 418. The van der Waals surface area contributed by atoms with Gasteiger partial charge in [-0.1, -0.05) is 30.3 Å². The van der Waals surface area contributed by atoms with Crippen LogP contribution in [-0.2, 0) is 11.3 Å². The van der Waals surface area contributed by atoms with Crippen molar-refractivity contribution < 1.29 is 27.8 Å². The number of amides is 1. The first-order chi connectivity index (χ1) is 8.72. The van der Waals surface area contributed by atoms with Gasteiger partial charge in [0.1, 0.15) is 6.61 Å². The van der Waals surface area contributed by atoms with Gasteiger partial charge in [-0.25, -0.2) is 4.79 Å². The van der Waals surface area contributed by atoms with Gasteiger partial charge in [0.05, 0.1) is 6.54 Å². The van der Waals surface area contributed by atoms with E-state index in [2.05, 4.69) is 0 Å². The Labute approximate surface area is 108 Å². The highest BCUT2D eigenvalue weighted by atomic mass is 19.4. The largest absolute Gasteiger partial charge is 0.445 e. The van der Waals surface area contributed by atoms with E-state index in [0.29, 0.717) is 12.5 Å². The molecule has 1 aromatic rings. The smallest absolute Gasteiger partial charge is 0.418 e. The molecule has 0 aliphatic rings. The Hall–Kier alpha value is -1.76. The summed E-state index contributed by atoms with van der Waals surface area (Å²) in [6.45, 7) is -0.449. The van der Waals surface area contributed by atoms with Crippen molar-refractivity contribution in [2.24, 2.45) is 0 Å². The van der Waals surface area contributed by atoms with Crippen molar-refractivity contribution in [1.29, 1.82) is 0 Å². The fourth-order valence-corrected chi connectivity index (χ4v) is 1.12. The number of alkyl carbamates (subject to hydrolysis) is 1. The SMILES string of the molecule is C[C@@](O)(CNC(=O)OCc1ccccc1)C(F)(F)F. The van der Waals surface area contributed by atoms with Gasteiger partial charge in [0.2, 0.25) is 0 Å². The van der Waals surface area contributed by atoms with Crippen LogP contribution >= 0.6 is 0 Å². The summed E-state index contributed by atoms with van der Waals surface area (Å²) in [6, 6.07) is 8.68. The van der Waals surface area contributed by atoms with Crippen molar-refractivity contribution in [2.45, 2.75) is 25.3 Å². The molecule has 1 aromatic carbocycles. The van der Waals surface area contributed by atoms with Gasteiger partial charge in [0.15, 0.2) is 5.60 Å². The Kier molecular flexibility index (Phi) is 4.77. The van der Waals surface area contributed by atoms with Crippen molar-refractivity contribution in [1.82, 2.24) is 5.32 Å². The second kappa shape index (κ2) is 5.92. The third kappa shape index (κ3) is 4.78. The average molecular weight is 277 g/mol. The van der Waals surface area contributed by atoms with E-state index in [1.807, 2.05) is 5.32 Å². The van der Waals surface area contributed by atoms with Crippen LogP contribution in [0.5, 0.6) is 0 Å². The fourth-order valence-electron chi connectivity index (χ4n) is 1.12. The van der Waals surface area contributed by atoms with Crippen LogP contribution in [0.1, 0.15) is 12.5 Å². The number of aliphatic hydroxyl groups is 1. The lowest BCUT2D eigenvalue weighted by molar-refractivity contribution is -0.249. The minimum Gasteiger partial charge on any atom is -0.445 e. The van der Waals surface area contributed by atoms with Gasteiger partial charge in [-0.2, -0.15) is 13.2 Å². The van der Waals surface area contributed by atoms with Gasteiger partial charge in [0, 0.05) is 0 Å². The minimum atomic E-state index is -4.82. The lowest BCUT2D eigenvalue weighted by Crippen LogP contribution is -2.51. The van der Waals surface area contributed by atoms with Gasteiger partial charge in [-0.05, 0) is 12.5 Å². The molecule has 0 bridgehead atoms. The number of carbonyl (C=O) groups excluding carboxylic acids is 1. The van der Waals surface area contributed by atoms with Crippen molar-refractivity contribution in [3.05, 3.63) is 35.9 Å². The third-order valence-electron chi connectivity index (χ3n) is 2.40. The van der Waals surface area contributed by atoms with Gasteiger partial charge in [-0.3, -0.25) is 0 Å². The highest BCUT2D eigenvalue weighted by Gasteiger charge is 2.49. The van der Waals surface area contributed by atoms with Gasteiger partial charge < -0.3 is 15.2 Å². The average Bonchev–Trinajstić information content (AvgIpc) is 2.34. The molecule has 0 unspecified atom stereocenters. The first-order valence-corrected chi connectivity index (χ1v) is 5.46. The van der Waals surface area contributed by atoms with Crippen LogP contribution in [0.25, 0.3) is 0 Å². The third-order valence-corrected chi connectivity index (χ3v) is 2.40. The maximum Gasteiger partial charge on any atom is 0.418 e. The summed E-state index contributed by atoms with van der Waals surface area (Å²) in [5.41, 5.74) is -2.28. The normalized spacial score (nSPS) is 14.6. The summed E-state index contributed by atoms with van der Waals surface area (Å²) in [5.74, 6) is 0. The lowest BCUT2D eigenvalue weighted by atomic mass is 10.1. The van der Waals surface area contributed by atoms with E-state index in [1.165, 1.54) is 0 Å². The Morgan fingerprint density at radius 3 is 2.42 bits per heavy atom. The Balaban J connectivity index is 2.37. The molecule has 0 saturated heterocycles. The summed E-state index contributed by atoms with van der Waals surface area (Å²) >= 11 is 0. The Morgan fingerprint density at radius 2 is 1.89 bits per heavy atom. The number of nitrogens with one attached hydrogen (secondary N) is 1. The zero-order valence-corrected chi connectivity index (χ0v) is 10.2.